The number of nitrogens with one attached hydrogen (secondary N) is 4. The first-order valence-corrected chi connectivity index (χ1v) is 32.7. The average molecular weight is 1330 g/mol. The second-order valence-corrected chi connectivity index (χ2v) is 27.3. The fourth-order valence-electron chi connectivity index (χ4n) is 11.1. The van der Waals surface area contributed by atoms with Crippen molar-refractivity contribution in [3.8, 4) is 0 Å². The number of allylic oxidation sites excluding steroid dienone is 1. The molecule has 1 fully saturated rings. The van der Waals surface area contributed by atoms with E-state index in [0.29, 0.717) is 0 Å². The molecule has 5 N–H and O–H groups in total. The van der Waals surface area contributed by atoms with Gasteiger partial charge in [-0.3, -0.25) is 52.7 Å². The van der Waals surface area contributed by atoms with Gasteiger partial charge in [0.25, 0.3) is 0 Å². The van der Waals surface area contributed by atoms with Gasteiger partial charge in [-0.25, -0.2) is 4.79 Å². The number of ether oxygens (including phenoxy) is 2. The number of hydrogen-bond acceptors (Lipinski definition) is 16. The molecule has 11 amide bonds. The number of likely N-dealkylation sites (N-methyl/N-ethyl adjacent to an activating group) is 7. The lowest BCUT2D eigenvalue weighted by Gasteiger charge is -2.41. The highest BCUT2D eigenvalue weighted by molar-refractivity contribution is 5.99. The summed E-state index contributed by atoms with van der Waals surface area (Å²) in [6, 6.07) is -13.7. The van der Waals surface area contributed by atoms with Gasteiger partial charge in [0.2, 0.25) is 65.0 Å². The lowest BCUT2D eigenvalue weighted by atomic mass is 9.91. The first-order chi connectivity index (χ1) is 43.6. The van der Waals surface area contributed by atoms with Crippen LogP contribution >= 0.6 is 0 Å². The minimum atomic E-state index is -1.73. The zero-order chi connectivity index (χ0) is 72.5. The van der Waals surface area contributed by atoms with Crippen LogP contribution in [0.4, 0.5) is 0 Å². The van der Waals surface area contributed by atoms with E-state index >= 15 is 14.4 Å². The third kappa shape index (κ3) is 25.1. The highest BCUT2D eigenvalue weighted by Crippen LogP contribution is 2.26. The van der Waals surface area contributed by atoms with Crippen LogP contribution in [0.15, 0.2) is 17.3 Å². The van der Waals surface area contributed by atoms with Crippen LogP contribution in [-0.2, 0) is 67.0 Å². The van der Waals surface area contributed by atoms with E-state index in [2.05, 4.69) is 31.3 Å². The molecular formula is C65H114N14O15. The van der Waals surface area contributed by atoms with E-state index in [9.17, 15) is 48.3 Å². The molecule has 0 spiro atoms. The minimum Gasteiger partial charge on any atom is -0.467 e. The SMILES string of the molecule is CC[C@@H]1NC(=O)[C@H]([C@H](O)[C@H](C)C/C=C/CN=[N+]=[N-])N(C)C(=O)[C@H](C(C)C)N(C)C(=O)[C@H](CC(C)C)N(C)C(=O)[C@H](CC(C)C)N(C)C(=O)[C@@H](COCC(=O)OC)NC(=O)[C@H](C)NC(=O)[C@H](CC(C)C)N(C)C(=O)[C@H](C(C)C)NC(=O)[C@H](CC(C)C)N(C)C(=O)CN(C)C1=O. The lowest BCUT2D eigenvalue weighted by Crippen LogP contribution is -2.63. The summed E-state index contributed by atoms with van der Waals surface area (Å²) in [5.41, 5.74) is 8.82. The van der Waals surface area contributed by atoms with Crippen LogP contribution < -0.4 is 21.3 Å². The Hall–Kier alpha value is -7.39. The van der Waals surface area contributed by atoms with Gasteiger partial charge in [-0.2, -0.15) is 0 Å². The molecule has 12 atom stereocenters. The zero-order valence-corrected chi connectivity index (χ0v) is 60.3. The van der Waals surface area contributed by atoms with E-state index in [0.717, 1.165) is 21.8 Å². The van der Waals surface area contributed by atoms with Gasteiger partial charge < -0.3 is 70.1 Å². The van der Waals surface area contributed by atoms with Crippen molar-refractivity contribution in [1.82, 2.24) is 55.6 Å². The van der Waals surface area contributed by atoms with E-state index < -0.39 is 175 Å². The Morgan fingerprint density at radius 3 is 1.50 bits per heavy atom. The molecule has 0 aromatic heterocycles. The van der Waals surface area contributed by atoms with Crippen LogP contribution in [0.5, 0.6) is 0 Å². The highest BCUT2D eigenvalue weighted by Gasteiger charge is 2.46. The second-order valence-electron chi connectivity index (χ2n) is 27.3. The molecule has 0 aromatic rings. The van der Waals surface area contributed by atoms with Crippen molar-refractivity contribution < 1.29 is 72.1 Å². The molecule has 534 valence electrons. The minimum absolute atomic E-state index is 0.00514. The van der Waals surface area contributed by atoms with Crippen LogP contribution in [0.2, 0.25) is 0 Å². The number of rotatable bonds is 21. The maximum absolute atomic E-state index is 15.3. The number of methoxy groups -OCH3 is 1. The Kier molecular flexibility index (Phi) is 36.1. The Morgan fingerprint density at radius 2 is 1.02 bits per heavy atom. The predicted molar refractivity (Wildman–Crippen MR) is 354 cm³/mol. The van der Waals surface area contributed by atoms with Gasteiger partial charge in [-0.05, 0) is 92.4 Å². The third-order valence-corrected chi connectivity index (χ3v) is 16.9. The molecule has 1 rings (SSSR count). The maximum Gasteiger partial charge on any atom is 0.331 e. The van der Waals surface area contributed by atoms with Crippen LogP contribution in [0.3, 0.4) is 0 Å². The molecule has 0 radical (unpaired) electrons. The normalized spacial score (nSPS) is 25.3. The van der Waals surface area contributed by atoms with Gasteiger partial charge in [0.15, 0.2) is 0 Å². The lowest BCUT2D eigenvalue weighted by molar-refractivity contribution is -0.157. The Bertz CT molecular complexity index is 2660. The van der Waals surface area contributed by atoms with Gasteiger partial charge in [-0.15, -0.1) is 0 Å². The number of esters is 1. The van der Waals surface area contributed by atoms with E-state index in [1.54, 1.807) is 53.7 Å². The van der Waals surface area contributed by atoms with Crippen LogP contribution in [0.1, 0.15) is 142 Å². The standard InChI is InChI=1S/C65H114N14O15/c1-24-44-60(87)73(16)33-50(80)74(17)46(29-36(2)3)58(85)71-52(40(10)11)64(91)75(18)47(30-37(4)5)57(84)68-43(15)56(83)70-45(34-94-35-51(81)93-23)61(88)76(19)48(31-38(6)7)62(89)77(20)49(32-39(8)9)63(90)78(21)53(41(12)13)65(92)79(22)54(59(86)69-44)55(82)42(14)27-25-26-28-67-72-66/h25-26,36-49,52-55,82H,24,27-35H2,1-23H3,(H,68,84)(H,69,86)(H,70,83)(H,71,85)/b26-25+/t42-,43+,44+,45-,46+,47+,48+,49+,52+,53+,54+,55-/m1/s1. The summed E-state index contributed by atoms with van der Waals surface area (Å²) < 4.78 is 10.3. The van der Waals surface area contributed by atoms with Crippen molar-refractivity contribution >= 4 is 70.9 Å². The fraction of sp³-hybridized carbons (Fsp3) is 0.785. The zero-order valence-electron chi connectivity index (χ0n) is 60.3. The van der Waals surface area contributed by atoms with E-state index in [1.165, 1.54) is 75.9 Å². The molecule has 29 nitrogen and oxygen atoms in total. The average Bonchev–Trinajstić information content (AvgIpc) is 0.816. The van der Waals surface area contributed by atoms with Gasteiger partial charge in [0.1, 0.15) is 67.0 Å². The van der Waals surface area contributed by atoms with E-state index in [1.807, 2.05) is 55.4 Å². The van der Waals surface area contributed by atoms with Crippen LogP contribution in [-0.4, -0.2) is 260 Å². The van der Waals surface area contributed by atoms with E-state index in [-0.39, 0.29) is 68.7 Å². The largest absolute Gasteiger partial charge is 0.467 e. The Labute approximate surface area is 557 Å². The Morgan fingerprint density at radius 1 is 0.564 bits per heavy atom. The first-order valence-electron chi connectivity index (χ1n) is 32.7. The molecule has 1 heterocycles. The molecular weight excluding hydrogens is 1220 g/mol. The number of azide groups is 1. The molecule has 1 aliphatic rings. The van der Waals surface area contributed by atoms with Crippen molar-refractivity contribution in [1.29, 1.82) is 0 Å². The highest BCUT2D eigenvalue weighted by atomic mass is 16.6. The smallest absolute Gasteiger partial charge is 0.331 e. The monoisotopic (exact) mass is 1330 g/mol. The number of hydrogen-bond donors (Lipinski definition) is 5. The number of carbonyl (C=O) groups excluding carboxylic acids is 12. The first kappa shape index (κ1) is 84.6. The number of aliphatic hydroxyl groups is 1. The molecule has 0 aliphatic carbocycles. The summed E-state index contributed by atoms with van der Waals surface area (Å²) in [5.74, 6) is -12.2. The second kappa shape index (κ2) is 40.1. The van der Waals surface area contributed by atoms with Crippen LogP contribution in [0, 0.1) is 41.4 Å². The number of nitrogens with zero attached hydrogens (tertiary/aromatic N) is 10. The van der Waals surface area contributed by atoms with Crippen molar-refractivity contribution in [2.24, 2.45) is 46.5 Å². The molecule has 94 heavy (non-hydrogen) atoms. The van der Waals surface area contributed by atoms with Gasteiger partial charge >= 0.3 is 5.97 Å². The topological polar surface area (TPSA) is 363 Å². The molecule has 0 unspecified atom stereocenters. The van der Waals surface area contributed by atoms with Crippen molar-refractivity contribution in [2.75, 3.05) is 82.7 Å². The fourth-order valence-corrected chi connectivity index (χ4v) is 11.1. The number of carbonyl (C=O) groups is 12. The van der Waals surface area contributed by atoms with E-state index in [4.69, 9.17) is 15.0 Å². The van der Waals surface area contributed by atoms with Gasteiger partial charge in [-0.1, -0.05) is 114 Å². The summed E-state index contributed by atoms with van der Waals surface area (Å²) in [6.07, 6.45) is 1.94. The summed E-state index contributed by atoms with van der Waals surface area (Å²) >= 11 is 0. The molecule has 0 saturated carbocycles. The molecule has 0 aromatic carbocycles. The summed E-state index contributed by atoms with van der Waals surface area (Å²) in [6.45, 7) is 24.0. The number of aliphatic hydroxyl groups excluding tert-OH is 1. The summed E-state index contributed by atoms with van der Waals surface area (Å²) in [5, 5.41) is 26.6. The predicted octanol–water partition coefficient (Wildman–Crippen LogP) is 2.73. The van der Waals surface area contributed by atoms with Crippen molar-refractivity contribution in [3.05, 3.63) is 22.6 Å². The summed E-state index contributed by atoms with van der Waals surface area (Å²) in [7, 11) is 10.6. The number of amides is 11. The van der Waals surface area contributed by atoms with Crippen molar-refractivity contribution in [2.45, 2.75) is 209 Å². The Balaban J connectivity index is 4.50. The molecule has 1 saturated heterocycles. The van der Waals surface area contributed by atoms with Crippen LogP contribution in [0.25, 0.3) is 10.4 Å². The van der Waals surface area contributed by atoms with Crippen molar-refractivity contribution in [3.63, 3.8) is 0 Å². The maximum atomic E-state index is 15.3. The molecule has 29 heteroatoms. The van der Waals surface area contributed by atoms with Gasteiger partial charge in [0, 0.05) is 60.8 Å². The molecule has 0 bridgehead atoms. The third-order valence-electron chi connectivity index (χ3n) is 16.9. The van der Waals surface area contributed by atoms with Gasteiger partial charge in [0.05, 0.1) is 26.4 Å². The molecule has 1 aliphatic heterocycles. The summed E-state index contributed by atoms with van der Waals surface area (Å²) in [4.78, 5) is 186. The quantitative estimate of drug-likeness (QED) is 0.0363.